The van der Waals surface area contributed by atoms with Crippen molar-refractivity contribution in [3.63, 3.8) is 0 Å². The maximum absolute atomic E-state index is 13.2. The molecule has 2 N–H and O–H groups in total. The van der Waals surface area contributed by atoms with Gasteiger partial charge in [-0.05, 0) is 48.4 Å². The highest BCUT2D eigenvalue weighted by atomic mass is 19.4. The predicted octanol–water partition coefficient (Wildman–Crippen LogP) is 3.98. The Bertz CT molecular complexity index is 993. The molecule has 1 atom stereocenters. The van der Waals surface area contributed by atoms with E-state index in [1.807, 2.05) is 0 Å². The Morgan fingerprint density at radius 3 is 2.47 bits per heavy atom. The zero-order valence-corrected chi connectivity index (χ0v) is 17.2. The van der Waals surface area contributed by atoms with Gasteiger partial charge in [0.15, 0.2) is 0 Å². The number of rotatable bonds is 6. The third kappa shape index (κ3) is 5.77. The van der Waals surface area contributed by atoms with Crippen LogP contribution in [0, 0.1) is 0 Å². The molecule has 10 heteroatoms. The van der Waals surface area contributed by atoms with E-state index < -0.39 is 29.8 Å². The first-order valence-corrected chi connectivity index (χ1v) is 9.88. The summed E-state index contributed by atoms with van der Waals surface area (Å²) in [4.78, 5) is 37.6. The average molecular weight is 449 g/mol. The van der Waals surface area contributed by atoms with Gasteiger partial charge in [0.05, 0.1) is 24.3 Å². The van der Waals surface area contributed by atoms with Gasteiger partial charge in [-0.3, -0.25) is 4.79 Å². The number of carbonyl (C=O) groups excluding carboxylic acids is 3. The molecule has 1 saturated heterocycles. The Hall–Kier alpha value is -3.56. The Morgan fingerprint density at radius 2 is 1.88 bits per heavy atom. The van der Waals surface area contributed by atoms with Crippen molar-refractivity contribution >= 4 is 23.6 Å². The molecule has 0 unspecified atom stereocenters. The lowest BCUT2D eigenvalue weighted by Crippen LogP contribution is -2.40. The largest absolute Gasteiger partial charge is 0.465 e. The third-order valence-electron chi connectivity index (χ3n) is 5.06. The molecule has 0 bridgehead atoms. The zero-order chi connectivity index (χ0) is 23.3. The van der Waals surface area contributed by atoms with Crippen LogP contribution in [0.3, 0.4) is 0 Å². The van der Waals surface area contributed by atoms with E-state index in [1.165, 1.54) is 48.4 Å². The van der Waals surface area contributed by atoms with Crippen LogP contribution in [-0.4, -0.2) is 43.0 Å². The maximum Gasteiger partial charge on any atom is 0.416 e. The Balaban J connectivity index is 1.77. The summed E-state index contributed by atoms with van der Waals surface area (Å²) in [6.45, 7) is 0.529. The number of urea groups is 1. The lowest BCUT2D eigenvalue weighted by molar-refractivity contribution is -0.137. The second-order valence-electron chi connectivity index (χ2n) is 7.29. The van der Waals surface area contributed by atoms with Crippen molar-refractivity contribution in [3.05, 3.63) is 65.2 Å². The number of amides is 3. The molecule has 3 rings (SSSR count). The fourth-order valence-electron chi connectivity index (χ4n) is 3.42. The molecular weight excluding hydrogens is 427 g/mol. The van der Waals surface area contributed by atoms with Crippen LogP contribution in [0.4, 0.5) is 23.7 Å². The molecule has 2 aromatic rings. The topological polar surface area (TPSA) is 87.7 Å². The number of hydrogen-bond acceptors (Lipinski definition) is 4. The van der Waals surface area contributed by atoms with Crippen molar-refractivity contribution in [2.75, 3.05) is 25.5 Å². The number of alkyl halides is 3. The molecule has 7 nitrogen and oxygen atoms in total. The predicted molar refractivity (Wildman–Crippen MR) is 110 cm³/mol. The Labute approximate surface area is 182 Å². The van der Waals surface area contributed by atoms with Crippen molar-refractivity contribution in [2.24, 2.45) is 0 Å². The number of esters is 1. The van der Waals surface area contributed by atoms with Gasteiger partial charge < -0.3 is 20.3 Å². The van der Waals surface area contributed by atoms with Crippen LogP contribution in [0.1, 0.15) is 40.4 Å². The van der Waals surface area contributed by atoms with E-state index in [4.69, 9.17) is 0 Å². The van der Waals surface area contributed by atoms with Crippen molar-refractivity contribution in [1.82, 2.24) is 10.2 Å². The van der Waals surface area contributed by atoms with Gasteiger partial charge in [0.25, 0.3) is 0 Å². The summed E-state index contributed by atoms with van der Waals surface area (Å²) in [6, 6.07) is 9.07. The SMILES string of the molecule is COC(=O)c1ccc(NC(=O)N[C@@H](CN2CCCC2=O)c2cccc(C(F)(F)F)c2)cc1. The van der Waals surface area contributed by atoms with Gasteiger partial charge >= 0.3 is 18.2 Å². The monoisotopic (exact) mass is 449 g/mol. The fourth-order valence-corrected chi connectivity index (χ4v) is 3.42. The van der Waals surface area contributed by atoms with Gasteiger partial charge in [0.1, 0.15) is 0 Å². The summed E-state index contributed by atoms with van der Waals surface area (Å²) in [5, 5.41) is 5.23. The van der Waals surface area contributed by atoms with E-state index in [1.54, 1.807) is 0 Å². The summed E-state index contributed by atoms with van der Waals surface area (Å²) in [6.07, 6.45) is -3.51. The third-order valence-corrected chi connectivity index (χ3v) is 5.06. The van der Waals surface area contributed by atoms with E-state index in [2.05, 4.69) is 15.4 Å². The normalized spacial score (nSPS) is 14.8. The number of halogens is 3. The van der Waals surface area contributed by atoms with Gasteiger partial charge in [0, 0.05) is 25.2 Å². The second kappa shape index (κ2) is 9.71. The number of likely N-dealkylation sites (tertiary alicyclic amines) is 1. The molecule has 1 fully saturated rings. The van der Waals surface area contributed by atoms with Crippen LogP contribution < -0.4 is 10.6 Å². The number of anilines is 1. The molecule has 0 radical (unpaired) electrons. The van der Waals surface area contributed by atoms with E-state index >= 15 is 0 Å². The molecule has 0 spiro atoms. The highest BCUT2D eigenvalue weighted by Gasteiger charge is 2.32. The summed E-state index contributed by atoms with van der Waals surface area (Å²) in [5.41, 5.74) is 0.0621. The lowest BCUT2D eigenvalue weighted by atomic mass is 10.0. The lowest BCUT2D eigenvalue weighted by Gasteiger charge is -2.26. The summed E-state index contributed by atoms with van der Waals surface area (Å²) >= 11 is 0. The van der Waals surface area contributed by atoms with Crippen LogP contribution >= 0.6 is 0 Å². The van der Waals surface area contributed by atoms with Crippen molar-refractivity contribution in [1.29, 1.82) is 0 Å². The molecule has 0 aromatic heterocycles. The number of benzene rings is 2. The van der Waals surface area contributed by atoms with Crippen molar-refractivity contribution in [3.8, 4) is 0 Å². The van der Waals surface area contributed by atoms with Crippen LogP contribution in [0.15, 0.2) is 48.5 Å². The van der Waals surface area contributed by atoms with Gasteiger partial charge in [0.2, 0.25) is 5.91 Å². The standard InChI is InChI=1S/C22H22F3N3O4/c1-32-20(30)14-7-9-17(10-8-14)26-21(31)27-18(13-28-11-3-6-19(28)29)15-4-2-5-16(12-15)22(23,24)25/h2,4-5,7-10,12,18H,3,6,11,13H2,1H3,(H2,26,27,31)/t18-/m0/s1. The van der Waals surface area contributed by atoms with Gasteiger partial charge in [-0.25, -0.2) is 9.59 Å². The minimum absolute atomic E-state index is 0.0504. The molecule has 3 amide bonds. The second-order valence-corrected chi connectivity index (χ2v) is 7.29. The summed E-state index contributed by atoms with van der Waals surface area (Å²) in [5.74, 6) is -0.636. The molecule has 1 aliphatic heterocycles. The van der Waals surface area contributed by atoms with Crippen LogP contribution in [0.25, 0.3) is 0 Å². The number of carbonyl (C=O) groups is 3. The van der Waals surface area contributed by atoms with E-state index in [0.717, 1.165) is 12.1 Å². The van der Waals surface area contributed by atoms with Gasteiger partial charge in [-0.1, -0.05) is 12.1 Å². The first-order chi connectivity index (χ1) is 15.2. The summed E-state index contributed by atoms with van der Waals surface area (Å²) < 4.78 is 44.1. The minimum atomic E-state index is -4.53. The average Bonchev–Trinajstić information content (AvgIpc) is 3.17. The van der Waals surface area contributed by atoms with E-state index in [-0.39, 0.29) is 18.0 Å². The number of nitrogens with zero attached hydrogens (tertiary/aromatic N) is 1. The van der Waals surface area contributed by atoms with E-state index in [9.17, 15) is 27.6 Å². The molecule has 32 heavy (non-hydrogen) atoms. The summed E-state index contributed by atoms with van der Waals surface area (Å²) in [7, 11) is 1.25. The Kier molecular flexibility index (Phi) is 7.01. The van der Waals surface area contributed by atoms with Crippen LogP contribution in [-0.2, 0) is 15.7 Å². The maximum atomic E-state index is 13.2. The minimum Gasteiger partial charge on any atom is -0.465 e. The fraction of sp³-hybridized carbons (Fsp3) is 0.318. The highest BCUT2D eigenvalue weighted by molar-refractivity contribution is 5.92. The van der Waals surface area contributed by atoms with Crippen LogP contribution in [0.5, 0.6) is 0 Å². The molecule has 1 aliphatic rings. The number of methoxy groups -OCH3 is 1. The Morgan fingerprint density at radius 1 is 1.16 bits per heavy atom. The first-order valence-electron chi connectivity index (χ1n) is 9.88. The zero-order valence-electron chi connectivity index (χ0n) is 17.2. The first kappa shape index (κ1) is 23.1. The van der Waals surface area contributed by atoms with E-state index in [0.29, 0.717) is 30.6 Å². The quantitative estimate of drug-likeness (QED) is 0.654. The molecule has 0 saturated carbocycles. The molecule has 170 valence electrons. The molecule has 0 aliphatic carbocycles. The smallest absolute Gasteiger partial charge is 0.416 e. The number of nitrogens with one attached hydrogen (secondary N) is 2. The van der Waals surface area contributed by atoms with Crippen molar-refractivity contribution in [2.45, 2.75) is 25.1 Å². The van der Waals surface area contributed by atoms with Gasteiger partial charge in [-0.2, -0.15) is 13.2 Å². The van der Waals surface area contributed by atoms with Gasteiger partial charge in [-0.15, -0.1) is 0 Å². The number of ether oxygens (including phenoxy) is 1. The number of hydrogen-bond donors (Lipinski definition) is 2. The van der Waals surface area contributed by atoms with Crippen molar-refractivity contribution < 1.29 is 32.3 Å². The highest BCUT2D eigenvalue weighted by Crippen LogP contribution is 2.31. The molecular formula is C22H22F3N3O4. The van der Waals surface area contributed by atoms with Crippen LogP contribution in [0.2, 0.25) is 0 Å². The molecule has 2 aromatic carbocycles. The molecule has 1 heterocycles.